The molecule has 3 aromatic carbocycles. The largest absolute Gasteiger partial charge is 0.311 e. The van der Waals surface area contributed by atoms with Crippen LogP contribution in [0, 0.1) is 0 Å². The van der Waals surface area contributed by atoms with Gasteiger partial charge in [0.15, 0.2) is 0 Å². The summed E-state index contributed by atoms with van der Waals surface area (Å²) in [6.07, 6.45) is 1.94. The van der Waals surface area contributed by atoms with E-state index in [4.69, 9.17) is 0 Å². The summed E-state index contributed by atoms with van der Waals surface area (Å²) in [5.41, 5.74) is 3.46. The van der Waals surface area contributed by atoms with Crippen LogP contribution in [0.25, 0.3) is 11.6 Å². The van der Waals surface area contributed by atoms with E-state index in [1.807, 2.05) is 97.1 Å². The van der Waals surface area contributed by atoms with Crippen molar-refractivity contribution in [3.05, 3.63) is 102 Å². The highest BCUT2D eigenvalue weighted by atomic mass is 16.2. The Morgan fingerprint density at radius 1 is 0.750 bits per heavy atom. The first-order chi connectivity index (χ1) is 11.8. The number of anilines is 1. The van der Waals surface area contributed by atoms with Gasteiger partial charge >= 0.3 is 0 Å². The molecule has 0 bridgehead atoms. The molecule has 0 N–H and O–H groups in total. The van der Waals surface area contributed by atoms with E-state index in [1.165, 1.54) is 0 Å². The van der Waals surface area contributed by atoms with E-state index in [2.05, 4.69) is 0 Å². The van der Waals surface area contributed by atoms with Crippen LogP contribution >= 0.6 is 0 Å². The Kier molecular flexibility index (Phi) is 4.87. The van der Waals surface area contributed by atoms with Gasteiger partial charge in [0.25, 0.3) is 5.91 Å². The minimum atomic E-state index is -0.0312. The van der Waals surface area contributed by atoms with E-state index in [9.17, 15) is 4.79 Å². The zero-order valence-corrected chi connectivity index (χ0v) is 13.6. The monoisotopic (exact) mass is 313 g/mol. The minimum absolute atomic E-state index is 0.0312. The molecule has 0 radical (unpaired) electrons. The van der Waals surface area contributed by atoms with Crippen molar-refractivity contribution in [2.75, 3.05) is 11.9 Å². The van der Waals surface area contributed by atoms with Gasteiger partial charge in [-0.15, -0.1) is 0 Å². The number of likely N-dealkylation sites (N-methyl/N-ethyl adjacent to an activating group) is 1. The third kappa shape index (κ3) is 3.61. The van der Waals surface area contributed by atoms with E-state index in [0.29, 0.717) is 5.57 Å². The van der Waals surface area contributed by atoms with Crippen LogP contribution in [0.3, 0.4) is 0 Å². The number of benzene rings is 3. The molecule has 2 heteroatoms. The SMILES string of the molecule is CN(C(=O)C(=Cc1ccccc1)c1ccccc1)c1ccccc1. The molecule has 0 aromatic heterocycles. The van der Waals surface area contributed by atoms with Gasteiger partial charge in [-0.1, -0.05) is 78.9 Å². The molecule has 0 atom stereocenters. The third-order valence-electron chi connectivity index (χ3n) is 3.87. The van der Waals surface area contributed by atoms with Crippen LogP contribution in [0.1, 0.15) is 11.1 Å². The Labute approximate surface area is 142 Å². The Morgan fingerprint density at radius 2 is 1.25 bits per heavy atom. The molecule has 0 unspecified atom stereocenters. The first-order valence-corrected chi connectivity index (χ1v) is 7.91. The fraction of sp³-hybridized carbons (Fsp3) is 0.0455. The van der Waals surface area contributed by atoms with Crippen molar-refractivity contribution in [1.29, 1.82) is 0 Å². The maximum atomic E-state index is 13.1. The summed E-state index contributed by atoms with van der Waals surface area (Å²) >= 11 is 0. The van der Waals surface area contributed by atoms with Gasteiger partial charge < -0.3 is 4.90 Å². The summed E-state index contributed by atoms with van der Waals surface area (Å²) in [5, 5.41) is 0. The zero-order chi connectivity index (χ0) is 16.8. The number of carbonyl (C=O) groups excluding carboxylic acids is 1. The molecule has 3 aromatic rings. The molecule has 118 valence electrons. The highest BCUT2D eigenvalue weighted by Gasteiger charge is 2.17. The maximum Gasteiger partial charge on any atom is 0.258 e. The van der Waals surface area contributed by atoms with Gasteiger partial charge in [-0.3, -0.25) is 4.79 Å². The van der Waals surface area contributed by atoms with Crippen LogP contribution in [0.5, 0.6) is 0 Å². The average molecular weight is 313 g/mol. The molecule has 0 saturated heterocycles. The highest BCUT2D eigenvalue weighted by Crippen LogP contribution is 2.23. The Hall–Kier alpha value is -3.13. The number of carbonyl (C=O) groups is 1. The van der Waals surface area contributed by atoms with Crippen molar-refractivity contribution in [2.45, 2.75) is 0 Å². The van der Waals surface area contributed by atoms with Crippen LogP contribution in [-0.4, -0.2) is 13.0 Å². The second-order valence-corrected chi connectivity index (χ2v) is 5.53. The summed E-state index contributed by atoms with van der Waals surface area (Å²) in [6, 6.07) is 29.4. The molecule has 0 aliphatic carbocycles. The summed E-state index contributed by atoms with van der Waals surface area (Å²) < 4.78 is 0. The summed E-state index contributed by atoms with van der Waals surface area (Å²) in [4.78, 5) is 14.8. The summed E-state index contributed by atoms with van der Waals surface area (Å²) in [6.45, 7) is 0. The molecule has 0 aliphatic rings. The van der Waals surface area contributed by atoms with Gasteiger partial charge in [0.1, 0.15) is 0 Å². The van der Waals surface area contributed by atoms with Gasteiger partial charge in [-0.05, 0) is 29.3 Å². The molecule has 0 fully saturated rings. The number of hydrogen-bond donors (Lipinski definition) is 0. The molecule has 0 heterocycles. The van der Waals surface area contributed by atoms with Crippen molar-refractivity contribution >= 4 is 23.2 Å². The fourth-order valence-electron chi connectivity index (χ4n) is 2.55. The van der Waals surface area contributed by atoms with E-state index >= 15 is 0 Å². The number of rotatable bonds is 4. The van der Waals surface area contributed by atoms with Crippen molar-refractivity contribution in [3.63, 3.8) is 0 Å². The second-order valence-electron chi connectivity index (χ2n) is 5.53. The Balaban J connectivity index is 2.02. The molecule has 2 nitrogen and oxygen atoms in total. The van der Waals surface area contributed by atoms with Crippen LogP contribution in [0.2, 0.25) is 0 Å². The van der Waals surface area contributed by atoms with E-state index in [-0.39, 0.29) is 5.91 Å². The van der Waals surface area contributed by atoms with Crippen LogP contribution in [0.15, 0.2) is 91.0 Å². The standard InChI is InChI=1S/C22H19NO/c1-23(20-15-9-4-10-16-20)22(24)21(19-13-7-3-8-14-19)17-18-11-5-2-6-12-18/h2-17H,1H3. The number of amides is 1. The number of para-hydroxylation sites is 1. The average Bonchev–Trinajstić information content (AvgIpc) is 2.67. The first kappa shape index (κ1) is 15.8. The van der Waals surface area contributed by atoms with Crippen LogP contribution in [0.4, 0.5) is 5.69 Å². The predicted octanol–water partition coefficient (Wildman–Crippen LogP) is 4.89. The molecule has 3 rings (SSSR count). The molecular weight excluding hydrogens is 294 g/mol. The summed E-state index contributed by atoms with van der Waals surface area (Å²) in [5.74, 6) is -0.0312. The Bertz CT molecular complexity index is 824. The molecule has 24 heavy (non-hydrogen) atoms. The van der Waals surface area contributed by atoms with Gasteiger partial charge in [0.05, 0.1) is 0 Å². The minimum Gasteiger partial charge on any atom is -0.311 e. The van der Waals surface area contributed by atoms with Crippen LogP contribution in [-0.2, 0) is 4.79 Å². The quantitative estimate of drug-likeness (QED) is 0.496. The summed E-state index contributed by atoms with van der Waals surface area (Å²) in [7, 11) is 1.80. The van der Waals surface area contributed by atoms with Gasteiger partial charge in [-0.2, -0.15) is 0 Å². The van der Waals surface area contributed by atoms with Crippen molar-refractivity contribution in [3.8, 4) is 0 Å². The normalized spacial score (nSPS) is 11.1. The molecule has 0 saturated carbocycles. The Morgan fingerprint density at radius 3 is 1.83 bits per heavy atom. The van der Waals surface area contributed by atoms with Crippen molar-refractivity contribution < 1.29 is 4.79 Å². The smallest absolute Gasteiger partial charge is 0.258 e. The molecular formula is C22H19NO. The zero-order valence-electron chi connectivity index (χ0n) is 13.6. The van der Waals surface area contributed by atoms with Crippen molar-refractivity contribution in [1.82, 2.24) is 0 Å². The van der Waals surface area contributed by atoms with Gasteiger partial charge in [0.2, 0.25) is 0 Å². The van der Waals surface area contributed by atoms with Gasteiger partial charge in [-0.25, -0.2) is 0 Å². The number of hydrogen-bond acceptors (Lipinski definition) is 1. The third-order valence-corrected chi connectivity index (χ3v) is 3.87. The molecule has 0 aliphatic heterocycles. The maximum absolute atomic E-state index is 13.1. The highest BCUT2D eigenvalue weighted by molar-refractivity contribution is 6.29. The van der Waals surface area contributed by atoms with Gasteiger partial charge in [0, 0.05) is 18.3 Å². The fourth-order valence-corrected chi connectivity index (χ4v) is 2.55. The topological polar surface area (TPSA) is 20.3 Å². The number of nitrogens with zero attached hydrogens (tertiary/aromatic N) is 1. The lowest BCUT2D eigenvalue weighted by Gasteiger charge is -2.19. The lowest BCUT2D eigenvalue weighted by atomic mass is 10.0. The first-order valence-electron chi connectivity index (χ1n) is 7.91. The predicted molar refractivity (Wildman–Crippen MR) is 101 cm³/mol. The van der Waals surface area contributed by atoms with E-state index in [0.717, 1.165) is 16.8 Å². The second kappa shape index (κ2) is 7.42. The molecule has 0 spiro atoms. The lowest BCUT2D eigenvalue weighted by Crippen LogP contribution is -2.27. The molecule has 1 amide bonds. The van der Waals surface area contributed by atoms with E-state index < -0.39 is 0 Å². The lowest BCUT2D eigenvalue weighted by molar-refractivity contribution is -0.113. The van der Waals surface area contributed by atoms with Crippen molar-refractivity contribution in [2.24, 2.45) is 0 Å². The van der Waals surface area contributed by atoms with E-state index in [1.54, 1.807) is 11.9 Å². The van der Waals surface area contributed by atoms with Crippen LogP contribution < -0.4 is 4.90 Å².